The van der Waals surface area contributed by atoms with Gasteiger partial charge in [-0.3, -0.25) is 4.79 Å². The molecule has 0 fully saturated rings. The summed E-state index contributed by atoms with van der Waals surface area (Å²) in [5.41, 5.74) is 2.14. The van der Waals surface area contributed by atoms with Crippen molar-refractivity contribution in [1.29, 1.82) is 0 Å². The molecule has 0 aliphatic heterocycles. The van der Waals surface area contributed by atoms with E-state index in [-0.39, 0.29) is 12.5 Å². The number of benzene rings is 1. The summed E-state index contributed by atoms with van der Waals surface area (Å²) >= 11 is 0. The lowest BCUT2D eigenvalue weighted by Crippen LogP contribution is -2.29. The molecule has 1 N–H and O–H groups in total. The Balaban J connectivity index is 1.59. The quantitative estimate of drug-likeness (QED) is 0.785. The zero-order chi connectivity index (χ0) is 15.5. The normalized spacial score (nSPS) is 10.8. The van der Waals surface area contributed by atoms with Crippen molar-refractivity contribution in [2.45, 2.75) is 6.54 Å². The highest BCUT2D eigenvalue weighted by atomic mass is 16.5. The van der Waals surface area contributed by atoms with Gasteiger partial charge < -0.3 is 19.2 Å². The minimum Gasteiger partial charge on any atom is -0.483 e. The Labute approximate surface area is 129 Å². The number of nitrogens with zero attached hydrogens (tertiary/aromatic N) is 2. The highest BCUT2D eigenvalue weighted by Crippen LogP contribution is 2.25. The Morgan fingerprint density at radius 1 is 1.09 bits per heavy atom. The summed E-state index contributed by atoms with van der Waals surface area (Å²) in [5.74, 6) is 0.598. The van der Waals surface area contributed by atoms with Gasteiger partial charge in [-0.05, 0) is 30.3 Å². The molecular formula is C17H19N3O2. The first-order valence-corrected chi connectivity index (χ1v) is 7.19. The second kappa shape index (κ2) is 5.97. The van der Waals surface area contributed by atoms with Gasteiger partial charge in [0.1, 0.15) is 5.75 Å². The number of carbonyl (C=O) groups is 1. The van der Waals surface area contributed by atoms with E-state index in [2.05, 4.69) is 5.32 Å². The molecule has 22 heavy (non-hydrogen) atoms. The average molecular weight is 297 g/mol. The second-order valence-corrected chi connectivity index (χ2v) is 5.29. The minimum absolute atomic E-state index is 0.0123. The van der Waals surface area contributed by atoms with Crippen molar-refractivity contribution in [2.24, 2.45) is 14.1 Å². The molecule has 3 aromatic rings. The Hall–Kier alpha value is -2.69. The molecule has 5 nitrogen and oxygen atoms in total. The van der Waals surface area contributed by atoms with Gasteiger partial charge in [0.05, 0.1) is 12.1 Å². The van der Waals surface area contributed by atoms with Crippen LogP contribution in [-0.2, 0) is 25.4 Å². The first-order valence-electron chi connectivity index (χ1n) is 7.19. The second-order valence-electron chi connectivity index (χ2n) is 5.29. The molecule has 5 heteroatoms. The van der Waals surface area contributed by atoms with Gasteiger partial charge in [0.15, 0.2) is 6.61 Å². The molecule has 2 aromatic heterocycles. The van der Waals surface area contributed by atoms with E-state index >= 15 is 0 Å². The summed E-state index contributed by atoms with van der Waals surface area (Å²) in [5, 5.41) is 3.87. The van der Waals surface area contributed by atoms with Crippen LogP contribution in [0.3, 0.4) is 0 Å². The third kappa shape index (κ3) is 2.83. The number of aryl methyl sites for hydroxylation is 2. The van der Waals surface area contributed by atoms with Crippen LogP contribution in [-0.4, -0.2) is 21.6 Å². The molecule has 0 saturated carbocycles. The molecule has 0 radical (unpaired) electrons. The predicted molar refractivity (Wildman–Crippen MR) is 85.7 cm³/mol. The minimum atomic E-state index is -0.130. The van der Waals surface area contributed by atoms with Crippen LogP contribution in [0, 0.1) is 0 Å². The lowest BCUT2D eigenvalue weighted by molar-refractivity contribution is -0.123. The van der Waals surface area contributed by atoms with Crippen LogP contribution in [0.4, 0.5) is 0 Å². The smallest absolute Gasteiger partial charge is 0.258 e. The van der Waals surface area contributed by atoms with E-state index in [1.165, 1.54) is 0 Å². The van der Waals surface area contributed by atoms with Crippen LogP contribution in [0.25, 0.3) is 10.9 Å². The fourth-order valence-corrected chi connectivity index (χ4v) is 2.46. The van der Waals surface area contributed by atoms with Crippen molar-refractivity contribution in [3.63, 3.8) is 0 Å². The zero-order valence-corrected chi connectivity index (χ0v) is 12.7. The van der Waals surface area contributed by atoms with Crippen LogP contribution < -0.4 is 10.1 Å². The number of carbonyl (C=O) groups excluding carboxylic acids is 1. The zero-order valence-electron chi connectivity index (χ0n) is 12.7. The standard InChI is InChI=1S/C17H19N3O2/c1-19-9-4-5-13(19)11-18-17(21)12-22-16-7-3-6-15-14(16)8-10-20(15)2/h3-10H,11-12H2,1-2H3,(H,18,21). The maximum Gasteiger partial charge on any atom is 0.258 e. The molecule has 0 atom stereocenters. The molecule has 1 amide bonds. The van der Waals surface area contributed by atoms with Gasteiger partial charge in [-0.15, -0.1) is 0 Å². The molecule has 0 aliphatic rings. The van der Waals surface area contributed by atoms with Gasteiger partial charge in [0.2, 0.25) is 0 Å². The molecule has 1 aromatic carbocycles. The van der Waals surface area contributed by atoms with Crippen molar-refractivity contribution in [1.82, 2.24) is 14.5 Å². The molecule has 0 saturated heterocycles. The molecule has 0 spiro atoms. The van der Waals surface area contributed by atoms with E-state index < -0.39 is 0 Å². The maximum absolute atomic E-state index is 11.9. The number of fused-ring (bicyclic) bond motifs is 1. The van der Waals surface area contributed by atoms with Crippen LogP contribution in [0.1, 0.15) is 5.69 Å². The van der Waals surface area contributed by atoms with Gasteiger partial charge in [0.25, 0.3) is 5.91 Å². The first kappa shape index (κ1) is 14.3. The number of rotatable bonds is 5. The Bertz CT molecular complexity index is 801. The predicted octanol–water partition coefficient (Wildman–Crippen LogP) is 2.21. The lowest BCUT2D eigenvalue weighted by Gasteiger charge is -2.09. The summed E-state index contributed by atoms with van der Waals surface area (Å²) in [6.45, 7) is 0.514. The van der Waals surface area contributed by atoms with Gasteiger partial charge in [-0.25, -0.2) is 0 Å². The van der Waals surface area contributed by atoms with Gasteiger partial charge in [-0.1, -0.05) is 6.07 Å². The van der Waals surface area contributed by atoms with Crippen molar-refractivity contribution in [2.75, 3.05) is 6.61 Å². The molecule has 3 rings (SSSR count). The third-order valence-corrected chi connectivity index (χ3v) is 3.76. The number of ether oxygens (including phenoxy) is 1. The Morgan fingerprint density at radius 3 is 2.73 bits per heavy atom. The summed E-state index contributed by atoms with van der Waals surface area (Å²) < 4.78 is 9.67. The summed E-state index contributed by atoms with van der Waals surface area (Å²) in [6, 6.07) is 11.8. The summed E-state index contributed by atoms with van der Waals surface area (Å²) in [7, 11) is 3.94. The molecule has 2 heterocycles. The van der Waals surface area contributed by atoms with E-state index in [0.29, 0.717) is 6.54 Å². The fraction of sp³-hybridized carbons (Fsp3) is 0.235. The number of aromatic nitrogens is 2. The number of hydrogen-bond donors (Lipinski definition) is 1. The first-order chi connectivity index (χ1) is 10.6. The van der Waals surface area contributed by atoms with E-state index in [1.54, 1.807) is 0 Å². The molecular weight excluding hydrogens is 278 g/mol. The lowest BCUT2D eigenvalue weighted by atomic mass is 10.2. The van der Waals surface area contributed by atoms with Crippen molar-refractivity contribution >= 4 is 16.8 Å². The van der Waals surface area contributed by atoms with Crippen molar-refractivity contribution in [3.05, 3.63) is 54.5 Å². The molecule has 114 valence electrons. The number of amides is 1. The van der Waals surface area contributed by atoms with Crippen LogP contribution in [0.2, 0.25) is 0 Å². The van der Waals surface area contributed by atoms with E-state index in [0.717, 1.165) is 22.3 Å². The molecule has 0 unspecified atom stereocenters. The third-order valence-electron chi connectivity index (χ3n) is 3.76. The van der Waals surface area contributed by atoms with Crippen molar-refractivity contribution < 1.29 is 9.53 Å². The van der Waals surface area contributed by atoms with Gasteiger partial charge in [0, 0.05) is 37.6 Å². The highest BCUT2D eigenvalue weighted by Gasteiger charge is 2.08. The topological polar surface area (TPSA) is 48.2 Å². The molecule has 0 aliphatic carbocycles. The summed E-state index contributed by atoms with van der Waals surface area (Å²) in [6.07, 6.45) is 3.93. The van der Waals surface area contributed by atoms with Crippen LogP contribution in [0.5, 0.6) is 5.75 Å². The Morgan fingerprint density at radius 2 is 1.95 bits per heavy atom. The van der Waals surface area contributed by atoms with Gasteiger partial charge in [-0.2, -0.15) is 0 Å². The van der Waals surface area contributed by atoms with E-state index in [1.807, 2.05) is 72.0 Å². The fourth-order valence-electron chi connectivity index (χ4n) is 2.46. The van der Waals surface area contributed by atoms with Crippen LogP contribution in [0.15, 0.2) is 48.8 Å². The monoisotopic (exact) mass is 297 g/mol. The number of hydrogen-bond acceptors (Lipinski definition) is 2. The SMILES string of the molecule is Cn1cccc1CNC(=O)COc1cccc2c1ccn2C. The maximum atomic E-state index is 11.9. The van der Waals surface area contributed by atoms with Crippen molar-refractivity contribution in [3.8, 4) is 5.75 Å². The Kier molecular flexibility index (Phi) is 3.87. The summed E-state index contributed by atoms with van der Waals surface area (Å²) in [4.78, 5) is 11.9. The molecule has 0 bridgehead atoms. The van der Waals surface area contributed by atoms with Gasteiger partial charge >= 0.3 is 0 Å². The van der Waals surface area contributed by atoms with E-state index in [4.69, 9.17) is 4.74 Å². The largest absolute Gasteiger partial charge is 0.483 e. The number of nitrogens with one attached hydrogen (secondary N) is 1. The van der Waals surface area contributed by atoms with Crippen LogP contribution >= 0.6 is 0 Å². The average Bonchev–Trinajstić information content (AvgIpc) is 3.10. The highest BCUT2D eigenvalue weighted by molar-refractivity contribution is 5.87. The van der Waals surface area contributed by atoms with E-state index in [9.17, 15) is 4.79 Å².